The molecule has 1 fully saturated rings. The van der Waals surface area contributed by atoms with E-state index < -0.39 is 48.1 Å². The van der Waals surface area contributed by atoms with Crippen molar-refractivity contribution in [3.05, 3.63) is 23.5 Å². The second-order valence-electron chi connectivity index (χ2n) is 6.24. The van der Waals surface area contributed by atoms with Crippen LogP contribution in [0.4, 0.5) is 17.6 Å². The van der Waals surface area contributed by atoms with E-state index in [2.05, 4.69) is 0 Å². The summed E-state index contributed by atoms with van der Waals surface area (Å²) in [5.74, 6) is -3.77. The molecule has 9 heteroatoms. The number of benzene rings is 1. The minimum atomic E-state index is -4.66. The SMILES string of the molecule is COc1cc(F)c(O[C@H]2CC[C@](C(C)=O)(C(F)(F)F)CC2)cc1C(=O)O. The lowest BCUT2D eigenvalue weighted by atomic mass is 9.70. The first-order valence-corrected chi connectivity index (χ1v) is 7.87. The van der Waals surface area contributed by atoms with Crippen molar-refractivity contribution in [1.29, 1.82) is 0 Å². The Hall–Kier alpha value is -2.32. The largest absolute Gasteiger partial charge is 0.496 e. The molecule has 1 aliphatic rings. The number of hydrogen-bond acceptors (Lipinski definition) is 4. The maximum absolute atomic E-state index is 14.1. The molecule has 2 rings (SSSR count). The smallest absolute Gasteiger partial charge is 0.401 e. The summed E-state index contributed by atoms with van der Waals surface area (Å²) in [6.45, 7) is 0.914. The van der Waals surface area contributed by atoms with Crippen LogP contribution in [0.25, 0.3) is 0 Å². The molecule has 0 spiro atoms. The van der Waals surface area contributed by atoms with E-state index in [4.69, 9.17) is 14.6 Å². The molecule has 1 N–H and O–H groups in total. The van der Waals surface area contributed by atoms with Gasteiger partial charge in [-0.2, -0.15) is 13.2 Å². The van der Waals surface area contributed by atoms with Crippen molar-refractivity contribution in [2.75, 3.05) is 7.11 Å². The van der Waals surface area contributed by atoms with Crippen LogP contribution in [-0.4, -0.2) is 36.2 Å². The molecule has 0 aliphatic heterocycles. The molecule has 1 aliphatic carbocycles. The first-order valence-electron chi connectivity index (χ1n) is 7.87. The number of halogens is 4. The topological polar surface area (TPSA) is 72.8 Å². The van der Waals surface area contributed by atoms with Gasteiger partial charge in [0.25, 0.3) is 0 Å². The summed E-state index contributed by atoms with van der Waals surface area (Å²) in [5.41, 5.74) is -2.73. The molecule has 0 amide bonds. The van der Waals surface area contributed by atoms with Crippen molar-refractivity contribution >= 4 is 11.8 Å². The molecule has 1 saturated carbocycles. The van der Waals surface area contributed by atoms with Crippen LogP contribution in [-0.2, 0) is 4.79 Å². The van der Waals surface area contributed by atoms with Crippen molar-refractivity contribution in [2.24, 2.45) is 5.41 Å². The van der Waals surface area contributed by atoms with Crippen LogP contribution in [0, 0.1) is 11.2 Å². The van der Waals surface area contributed by atoms with Gasteiger partial charge in [0.15, 0.2) is 11.6 Å². The number of carboxylic acid groups (broad SMARTS) is 1. The Balaban J connectivity index is 2.18. The highest BCUT2D eigenvalue weighted by Crippen LogP contribution is 2.50. The van der Waals surface area contributed by atoms with Crippen LogP contribution in [0.1, 0.15) is 43.0 Å². The number of carbonyl (C=O) groups is 2. The Morgan fingerprint density at radius 3 is 2.19 bits per heavy atom. The number of ketones is 1. The molecule has 0 atom stereocenters. The van der Waals surface area contributed by atoms with E-state index >= 15 is 0 Å². The summed E-state index contributed by atoms with van der Waals surface area (Å²) in [4.78, 5) is 22.8. The molecule has 0 radical (unpaired) electrons. The summed E-state index contributed by atoms with van der Waals surface area (Å²) < 4.78 is 64.1. The van der Waals surface area contributed by atoms with E-state index in [1.165, 1.54) is 7.11 Å². The molecule has 1 aromatic carbocycles. The summed E-state index contributed by atoms with van der Waals surface area (Å²) in [5, 5.41) is 9.12. The van der Waals surface area contributed by atoms with Crippen LogP contribution in [0.2, 0.25) is 0 Å². The van der Waals surface area contributed by atoms with Crippen LogP contribution in [0.15, 0.2) is 12.1 Å². The van der Waals surface area contributed by atoms with Gasteiger partial charge in [-0.25, -0.2) is 9.18 Å². The summed E-state index contributed by atoms with van der Waals surface area (Å²) in [7, 11) is 1.18. The Bertz CT molecular complexity index is 706. The van der Waals surface area contributed by atoms with E-state index in [0.717, 1.165) is 19.1 Å². The van der Waals surface area contributed by atoms with Gasteiger partial charge in [-0.05, 0) is 32.6 Å². The normalized spacial score (nSPS) is 23.4. The minimum absolute atomic E-state index is 0.104. The van der Waals surface area contributed by atoms with Crippen molar-refractivity contribution in [2.45, 2.75) is 44.9 Å². The molecule has 0 unspecified atom stereocenters. The molecule has 1 aromatic rings. The van der Waals surface area contributed by atoms with Gasteiger partial charge in [-0.1, -0.05) is 0 Å². The minimum Gasteiger partial charge on any atom is -0.496 e. The Labute approximate surface area is 146 Å². The van der Waals surface area contributed by atoms with Gasteiger partial charge in [0.1, 0.15) is 22.5 Å². The van der Waals surface area contributed by atoms with Crippen molar-refractivity contribution in [3.63, 3.8) is 0 Å². The van der Waals surface area contributed by atoms with Gasteiger partial charge in [-0.15, -0.1) is 0 Å². The number of ether oxygens (including phenoxy) is 2. The lowest BCUT2D eigenvalue weighted by Gasteiger charge is -2.39. The van der Waals surface area contributed by atoms with Crippen molar-refractivity contribution in [1.82, 2.24) is 0 Å². The van der Waals surface area contributed by atoms with Gasteiger partial charge in [0, 0.05) is 12.1 Å². The average molecular weight is 378 g/mol. The third-order valence-electron chi connectivity index (χ3n) is 4.78. The molecular weight excluding hydrogens is 360 g/mol. The van der Waals surface area contributed by atoms with E-state index in [0.29, 0.717) is 0 Å². The number of aromatic carboxylic acids is 1. The lowest BCUT2D eigenvalue weighted by molar-refractivity contribution is -0.230. The second-order valence-corrected chi connectivity index (χ2v) is 6.24. The summed E-state index contributed by atoms with van der Waals surface area (Å²) >= 11 is 0. The number of Topliss-reactive ketones (excluding diaryl/α,β-unsaturated/α-hetero) is 1. The van der Waals surface area contributed by atoms with E-state index in [1.54, 1.807) is 0 Å². The van der Waals surface area contributed by atoms with Crippen LogP contribution >= 0.6 is 0 Å². The number of rotatable bonds is 5. The second kappa shape index (κ2) is 7.13. The molecule has 0 aromatic heterocycles. The maximum atomic E-state index is 14.1. The number of alkyl halides is 3. The van der Waals surface area contributed by atoms with Crippen molar-refractivity contribution < 1.29 is 41.7 Å². The molecular formula is C17H18F4O5. The van der Waals surface area contributed by atoms with E-state index in [1.807, 2.05) is 0 Å². The standard InChI is InChI=1S/C17H18F4O5/c1-9(22)16(17(19,20)21)5-3-10(4-6-16)26-14-7-11(15(23)24)13(25-2)8-12(14)18/h7-8,10H,3-6H2,1-2H3,(H,23,24)/t10-,16-. The fraction of sp³-hybridized carbons (Fsp3) is 0.529. The maximum Gasteiger partial charge on any atom is 0.401 e. The Morgan fingerprint density at radius 1 is 1.19 bits per heavy atom. The quantitative estimate of drug-likeness (QED) is 0.785. The van der Waals surface area contributed by atoms with Gasteiger partial charge in [-0.3, -0.25) is 4.79 Å². The summed E-state index contributed by atoms with van der Waals surface area (Å²) in [6.07, 6.45) is -6.54. The number of methoxy groups -OCH3 is 1. The van der Waals surface area contributed by atoms with Crippen LogP contribution < -0.4 is 9.47 Å². The predicted molar refractivity (Wildman–Crippen MR) is 82.0 cm³/mol. The fourth-order valence-corrected chi connectivity index (χ4v) is 3.18. The fourth-order valence-electron chi connectivity index (χ4n) is 3.18. The lowest BCUT2D eigenvalue weighted by Crippen LogP contribution is -2.48. The highest BCUT2D eigenvalue weighted by Gasteiger charge is 2.59. The number of carbonyl (C=O) groups excluding carboxylic acids is 1. The Kier molecular flexibility index (Phi) is 5.48. The molecule has 5 nitrogen and oxygen atoms in total. The molecule has 0 saturated heterocycles. The number of carboxylic acids is 1. The predicted octanol–water partition coefficient (Wildman–Crippen LogP) is 3.99. The monoisotopic (exact) mass is 378 g/mol. The van der Waals surface area contributed by atoms with Crippen LogP contribution in [0.5, 0.6) is 11.5 Å². The molecule has 144 valence electrons. The molecule has 26 heavy (non-hydrogen) atoms. The summed E-state index contributed by atoms with van der Waals surface area (Å²) in [6, 6.07) is 1.78. The Morgan fingerprint density at radius 2 is 1.77 bits per heavy atom. The van der Waals surface area contributed by atoms with Crippen LogP contribution in [0.3, 0.4) is 0 Å². The highest BCUT2D eigenvalue weighted by atomic mass is 19.4. The van der Waals surface area contributed by atoms with Gasteiger partial charge < -0.3 is 14.6 Å². The zero-order chi connectivity index (χ0) is 19.7. The van der Waals surface area contributed by atoms with Gasteiger partial charge >= 0.3 is 12.1 Å². The first-order chi connectivity index (χ1) is 12.0. The third-order valence-corrected chi connectivity index (χ3v) is 4.78. The van der Waals surface area contributed by atoms with E-state index in [9.17, 15) is 27.2 Å². The number of hydrogen-bond donors (Lipinski definition) is 1. The zero-order valence-electron chi connectivity index (χ0n) is 14.2. The highest BCUT2D eigenvalue weighted by molar-refractivity contribution is 5.91. The first kappa shape index (κ1) is 20.0. The van der Waals surface area contributed by atoms with Crippen molar-refractivity contribution in [3.8, 4) is 11.5 Å². The van der Waals surface area contributed by atoms with Gasteiger partial charge in [0.2, 0.25) is 0 Å². The average Bonchev–Trinajstić information content (AvgIpc) is 2.55. The molecule has 0 bridgehead atoms. The molecule has 0 heterocycles. The van der Waals surface area contributed by atoms with E-state index in [-0.39, 0.29) is 29.9 Å². The zero-order valence-corrected chi connectivity index (χ0v) is 14.2. The van der Waals surface area contributed by atoms with Gasteiger partial charge in [0.05, 0.1) is 13.2 Å². The third kappa shape index (κ3) is 3.61.